The average Bonchev–Trinajstić information content (AvgIpc) is 2.49. The zero-order valence-electron chi connectivity index (χ0n) is 7.60. The Hall–Kier alpha value is 0.290. The first-order valence-electron chi connectivity index (χ1n) is 4.03. The molecule has 0 radical (unpaired) electrons. The highest BCUT2D eigenvalue weighted by Gasteiger charge is 2.68. The summed E-state index contributed by atoms with van der Waals surface area (Å²) in [7, 11) is 0. The van der Waals surface area contributed by atoms with Crippen molar-refractivity contribution in [1.29, 1.82) is 0 Å². The highest BCUT2D eigenvalue weighted by atomic mass is 79.9. The van der Waals surface area contributed by atoms with Gasteiger partial charge in [0.05, 0.1) is 10.7 Å². The van der Waals surface area contributed by atoms with E-state index in [2.05, 4.69) is 31.9 Å². The Kier molecular flexibility index (Phi) is 3.00. The number of hydrogen-bond acceptors (Lipinski definition) is 1. The second-order valence-corrected chi connectivity index (χ2v) is 6.15. The van der Waals surface area contributed by atoms with Crippen LogP contribution < -0.4 is 0 Å². The lowest BCUT2D eigenvalue weighted by Crippen LogP contribution is -2.25. The lowest BCUT2D eigenvalue weighted by atomic mass is 10.1. The van der Waals surface area contributed by atoms with Crippen LogP contribution in [0.2, 0.25) is 0 Å². The summed E-state index contributed by atoms with van der Waals surface area (Å²) in [5.41, 5.74) is -0.572. The van der Waals surface area contributed by atoms with Gasteiger partial charge in [0.1, 0.15) is 0 Å². The fourth-order valence-electron chi connectivity index (χ4n) is 1.90. The third-order valence-corrected chi connectivity index (χ3v) is 5.06. The van der Waals surface area contributed by atoms with E-state index in [0.29, 0.717) is 0 Å². The molecule has 0 saturated heterocycles. The largest absolute Gasteiger partial charge is 0.481 e. The number of aliphatic carboxylic acids is 1. The van der Waals surface area contributed by atoms with E-state index >= 15 is 0 Å². The molecule has 0 aromatic rings. The molecule has 1 rings (SSSR count). The lowest BCUT2D eigenvalue weighted by Gasteiger charge is -2.16. The Labute approximate surface area is 97.3 Å². The van der Waals surface area contributed by atoms with Crippen LogP contribution in [-0.2, 0) is 4.79 Å². The molecule has 14 heavy (non-hydrogen) atoms. The van der Waals surface area contributed by atoms with E-state index in [1.54, 1.807) is 13.8 Å². The SMILES string of the molecule is CC1(C)C(C(=O)O)C1C(Br)C(F)(F)Br. The van der Waals surface area contributed by atoms with Gasteiger partial charge in [-0.25, -0.2) is 0 Å². The minimum atomic E-state index is -3.07. The zero-order valence-corrected chi connectivity index (χ0v) is 10.8. The van der Waals surface area contributed by atoms with Crippen molar-refractivity contribution in [1.82, 2.24) is 0 Å². The first kappa shape index (κ1) is 12.4. The molecule has 6 heteroatoms. The Morgan fingerprint density at radius 3 is 2.21 bits per heavy atom. The molecule has 0 spiro atoms. The Morgan fingerprint density at radius 2 is 2.00 bits per heavy atom. The Bertz CT molecular complexity index is 263. The van der Waals surface area contributed by atoms with Crippen molar-refractivity contribution >= 4 is 37.8 Å². The van der Waals surface area contributed by atoms with E-state index < -0.39 is 32.9 Å². The molecule has 0 bridgehead atoms. The monoisotopic (exact) mass is 334 g/mol. The number of alkyl halides is 4. The number of halogens is 4. The summed E-state index contributed by atoms with van der Waals surface area (Å²) in [5.74, 6) is -2.26. The summed E-state index contributed by atoms with van der Waals surface area (Å²) >= 11 is 5.09. The molecular weight excluding hydrogens is 326 g/mol. The molecule has 1 fully saturated rings. The van der Waals surface area contributed by atoms with Crippen LogP contribution in [0.15, 0.2) is 0 Å². The summed E-state index contributed by atoms with van der Waals surface area (Å²) in [6.07, 6.45) is 0. The molecule has 0 aromatic heterocycles. The molecule has 3 unspecified atom stereocenters. The third kappa shape index (κ3) is 1.96. The van der Waals surface area contributed by atoms with Crippen LogP contribution in [0.5, 0.6) is 0 Å². The fourth-order valence-corrected chi connectivity index (χ4v) is 3.17. The van der Waals surface area contributed by atoms with E-state index in [1.807, 2.05) is 0 Å². The van der Waals surface area contributed by atoms with Crippen molar-refractivity contribution in [3.8, 4) is 0 Å². The standard InChI is InChI=1S/C8H10Br2F2O2/c1-7(2)3(4(7)6(13)14)5(9)8(10,11)12/h3-5H,1-2H3,(H,13,14). The fraction of sp³-hybridized carbons (Fsp3) is 0.875. The number of hydrogen-bond donors (Lipinski definition) is 1. The van der Waals surface area contributed by atoms with E-state index in [1.165, 1.54) is 0 Å². The number of carboxylic acids is 1. The van der Waals surface area contributed by atoms with Crippen LogP contribution >= 0.6 is 31.9 Å². The van der Waals surface area contributed by atoms with Gasteiger partial charge in [0.2, 0.25) is 0 Å². The summed E-state index contributed by atoms with van der Waals surface area (Å²) in [6, 6.07) is 0. The maximum atomic E-state index is 12.9. The van der Waals surface area contributed by atoms with Crippen LogP contribution in [-0.4, -0.2) is 20.7 Å². The van der Waals surface area contributed by atoms with Gasteiger partial charge >= 0.3 is 10.8 Å². The summed E-state index contributed by atoms with van der Waals surface area (Å²) in [4.78, 5) is 6.52. The van der Waals surface area contributed by atoms with Crippen LogP contribution in [0.4, 0.5) is 8.78 Å². The molecular formula is C8H10Br2F2O2. The maximum absolute atomic E-state index is 12.9. The molecule has 0 amide bonds. The molecule has 0 aromatic carbocycles. The Balaban J connectivity index is 2.79. The first-order chi connectivity index (χ1) is 6.10. The lowest BCUT2D eigenvalue weighted by molar-refractivity contribution is -0.139. The average molecular weight is 336 g/mol. The van der Waals surface area contributed by atoms with Crippen LogP contribution in [0.25, 0.3) is 0 Å². The minimum Gasteiger partial charge on any atom is -0.481 e. The molecule has 82 valence electrons. The predicted molar refractivity (Wildman–Crippen MR) is 55.0 cm³/mol. The van der Waals surface area contributed by atoms with Crippen molar-refractivity contribution in [3.63, 3.8) is 0 Å². The summed E-state index contributed by atoms with van der Waals surface area (Å²) in [6.45, 7) is 3.37. The van der Waals surface area contributed by atoms with Gasteiger partial charge in [-0.1, -0.05) is 29.8 Å². The van der Waals surface area contributed by atoms with Gasteiger partial charge in [-0.3, -0.25) is 4.79 Å². The molecule has 1 aliphatic rings. The molecule has 0 aliphatic heterocycles. The number of carboxylic acid groups (broad SMARTS) is 1. The highest BCUT2D eigenvalue weighted by Crippen LogP contribution is 2.64. The Morgan fingerprint density at radius 1 is 1.57 bits per heavy atom. The molecule has 1 N–H and O–H groups in total. The smallest absolute Gasteiger partial charge is 0.313 e. The summed E-state index contributed by atoms with van der Waals surface area (Å²) < 4.78 is 25.7. The highest BCUT2D eigenvalue weighted by molar-refractivity contribution is 9.12. The number of rotatable bonds is 3. The molecule has 1 saturated carbocycles. The van der Waals surface area contributed by atoms with Gasteiger partial charge in [0, 0.05) is 0 Å². The quantitative estimate of drug-likeness (QED) is 0.805. The van der Waals surface area contributed by atoms with Gasteiger partial charge < -0.3 is 5.11 Å². The zero-order chi connectivity index (χ0) is 11.3. The topological polar surface area (TPSA) is 37.3 Å². The minimum absolute atomic E-state index is 0.547. The van der Waals surface area contributed by atoms with E-state index in [4.69, 9.17) is 5.11 Å². The molecule has 2 nitrogen and oxygen atoms in total. The molecule has 3 atom stereocenters. The van der Waals surface area contributed by atoms with Crippen LogP contribution in [0, 0.1) is 17.3 Å². The van der Waals surface area contributed by atoms with Crippen LogP contribution in [0.3, 0.4) is 0 Å². The van der Waals surface area contributed by atoms with Crippen molar-refractivity contribution in [2.24, 2.45) is 17.3 Å². The van der Waals surface area contributed by atoms with Gasteiger partial charge in [-0.05, 0) is 27.3 Å². The van der Waals surface area contributed by atoms with E-state index in [9.17, 15) is 13.6 Å². The maximum Gasteiger partial charge on any atom is 0.313 e. The first-order valence-corrected chi connectivity index (χ1v) is 5.74. The van der Waals surface area contributed by atoms with Crippen molar-refractivity contribution < 1.29 is 18.7 Å². The van der Waals surface area contributed by atoms with E-state index in [0.717, 1.165) is 0 Å². The van der Waals surface area contributed by atoms with Gasteiger partial charge in [0.25, 0.3) is 0 Å². The van der Waals surface area contributed by atoms with Crippen molar-refractivity contribution in [2.75, 3.05) is 0 Å². The number of carbonyl (C=O) groups is 1. The van der Waals surface area contributed by atoms with Gasteiger partial charge in [-0.15, -0.1) is 0 Å². The second-order valence-electron chi connectivity index (χ2n) is 4.11. The molecule has 1 aliphatic carbocycles. The normalized spacial score (nSPS) is 32.4. The van der Waals surface area contributed by atoms with E-state index in [-0.39, 0.29) is 0 Å². The van der Waals surface area contributed by atoms with Gasteiger partial charge in [-0.2, -0.15) is 8.78 Å². The summed E-state index contributed by atoms with van der Waals surface area (Å²) in [5, 5.41) is 8.79. The van der Waals surface area contributed by atoms with Crippen molar-refractivity contribution in [2.45, 2.75) is 23.5 Å². The predicted octanol–water partition coefficient (Wildman–Crippen LogP) is 3.09. The van der Waals surface area contributed by atoms with Crippen molar-refractivity contribution in [3.05, 3.63) is 0 Å². The van der Waals surface area contributed by atoms with Crippen LogP contribution in [0.1, 0.15) is 13.8 Å². The molecule has 0 heterocycles. The second kappa shape index (κ2) is 3.40. The third-order valence-electron chi connectivity index (χ3n) is 2.80. The van der Waals surface area contributed by atoms with Gasteiger partial charge in [0.15, 0.2) is 0 Å².